The summed E-state index contributed by atoms with van der Waals surface area (Å²) in [6.07, 6.45) is 7.96. The number of aliphatic hydroxyl groups excluding tert-OH is 1. The zero-order valence-electron chi connectivity index (χ0n) is 29.3. The molecule has 1 spiro atoms. The zero-order valence-corrected chi connectivity index (χ0v) is 30.8. The molecule has 2 fully saturated rings. The molecule has 3 aliphatic heterocycles. The second-order valence-electron chi connectivity index (χ2n) is 15.9. The molecule has 1 saturated heterocycles. The molecule has 3 heterocycles. The molecule has 1 unspecified atom stereocenters. The lowest BCUT2D eigenvalue weighted by atomic mass is 9.57. The molecule has 10 heteroatoms. The fraction of sp³-hybridized carbons (Fsp3) is 0.641. The van der Waals surface area contributed by atoms with E-state index in [1.54, 1.807) is 6.07 Å². The Bertz CT molecular complexity index is 1650. The fourth-order valence-corrected chi connectivity index (χ4v) is 11.4. The second kappa shape index (κ2) is 14.0. The summed E-state index contributed by atoms with van der Waals surface area (Å²) < 4.78 is 29.2. The minimum Gasteiger partial charge on any atom is -0.490 e. The monoisotopic (exact) mass is 711 g/mol. The number of ether oxygens (including phenoxy) is 2. The number of nitrogens with one attached hydrogen (secondary N) is 1. The van der Waals surface area contributed by atoms with Gasteiger partial charge in [0.2, 0.25) is 0 Å². The van der Waals surface area contributed by atoms with Gasteiger partial charge in [0.05, 0.1) is 41.8 Å². The average Bonchev–Trinajstić information content (AvgIpc) is 3.22. The van der Waals surface area contributed by atoms with Crippen LogP contribution >= 0.6 is 11.6 Å². The molecule has 2 aliphatic carbocycles. The van der Waals surface area contributed by atoms with Gasteiger partial charge in [-0.05, 0) is 117 Å². The first kappa shape index (κ1) is 35.1. The highest BCUT2D eigenvalue weighted by atomic mass is 35.5. The van der Waals surface area contributed by atoms with Crippen molar-refractivity contribution >= 4 is 38.8 Å². The highest BCUT2D eigenvalue weighted by Gasteiger charge is 2.50. The molecular formula is C39H54ClN3O5S. The normalized spacial score (nSPS) is 35.7. The Kier molecular flexibility index (Phi) is 10.0. The number of aliphatic hydroxyl groups is 1. The first-order valence-corrected chi connectivity index (χ1v) is 20.6. The van der Waals surface area contributed by atoms with Crippen LogP contribution in [0.25, 0.3) is 0 Å². The first-order chi connectivity index (χ1) is 23.5. The molecule has 7 rings (SSSR count). The van der Waals surface area contributed by atoms with Gasteiger partial charge in [-0.3, -0.25) is 14.4 Å². The number of morpholine rings is 1. The summed E-state index contributed by atoms with van der Waals surface area (Å²) in [5.74, 6) is 5.32. The van der Waals surface area contributed by atoms with Gasteiger partial charge in [0, 0.05) is 59.4 Å². The van der Waals surface area contributed by atoms with E-state index in [1.165, 1.54) is 11.1 Å². The van der Waals surface area contributed by atoms with Gasteiger partial charge in [0.1, 0.15) is 5.75 Å². The van der Waals surface area contributed by atoms with E-state index in [2.05, 4.69) is 39.4 Å². The van der Waals surface area contributed by atoms with Crippen molar-refractivity contribution in [1.29, 1.82) is 0 Å². The average molecular weight is 712 g/mol. The van der Waals surface area contributed by atoms with Crippen LogP contribution in [0.15, 0.2) is 36.4 Å². The van der Waals surface area contributed by atoms with Crippen LogP contribution in [0.2, 0.25) is 5.02 Å². The molecule has 8 nitrogen and oxygen atoms in total. The molecule has 5 aliphatic rings. The van der Waals surface area contributed by atoms with Crippen LogP contribution in [-0.4, -0.2) is 90.4 Å². The van der Waals surface area contributed by atoms with Crippen LogP contribution < -0.4 is 14.4 Å². The molecule has 1 saturated carbocycles. The van der Waals surface area contributed by atoms with E-state index < -0.39 is 9.71 Å². The maximum atomic E-state index is 14.0. The highest BCUT2D eigenvalue weighted by molar-refractivity contribution is 7.99. The predicted octanol–water partition coefficient (Wildman–Crippen LogP) is 5.72. The minimum atomic E-state index is -2.93. The summed E-state index contributed by atoms with van der Waals surface area (Å²) in [5.41, 5.74) is 3.51. The molecule has 268 valence electrons. The third-order valence-electron chi connectivity index (χ3n) is 12.9. The van der Waals surface area contributed by atoms with Gasteiger partial charge in [0.25, 0.3) is 5.91 Å². The van der Waals surface area contributed by atoms with E-state index in [4.69, 9.17) is 21.1 Å². The molecule has 2 aromatic carbocycles. The first-order valence-electron chi connectivity index (χ1n) is 18.4. The summed E-state index contributed by atoms with van der Waals surface area (Å²) >= 11 is 6.49. The van der Waals surface area contributed by atoms with Gasteiger partial charge in [-0.15, -0.1) is 0 Å². The van der Waals surface area contributed by atoms with Gasteiger partial charge in [-0.1, -0.05) is 31.0 Å². The van der Waals surface area contributed by atoms with Crippen LogP contribution in [0, 0.1) is 23.2 Å². The van der Waals surface area contributed by atoms with Crippen molar-refractivity contribution in [1.82, 2.24) is 9.62 Å². The minimum absolute atomic E-state index is 0.0931. The Hall–Kier alpha value is -2.30. The van der Waals surface area contributed by atoms with Crippen molar-refractivity contribution in [2.45, 2.75) is 75.9 Å². The fourth-order valence-electron chi connectivity index (χ4n) is 9.66. The van der Waals surface area contributed by atoms with E-state index in [1.807, 2.05) is 25.1 Å². The van der Waals surface area contributed by atoms with Gasteiger partial charge in [-0.25, -0.2) is 4.21 Å². The maximum Gasteiger partial charge on any atom is 0.262 e. The number of fused-ring (bicyclic) bond motifs is 4. The number of carbonyl (C=O) groups excluding carboxylic acids is 1. The number of halogens is 1. The van der Waals surface area contributed by atoms with Crippen molar-refractivity contribution in [2.75, 3.05) is 64.1 Å². The van der Waals surface area contributed by atoms with Crippen LogP contribution in [0.4, 0.5) is 5.69 Å². The van der Waals surface area contributed by atoms with E-state index in [0.717, 1.165) is 114 Å². The number of anilines is 1. The van der Waals surface area contributed by atoms with Crippen molar-refractivity contribution in [2.24, 2.45) is 23.2 Å². The van der Waals surface area contributed by atoms with Crippen molar-refractivity contribution < 1.29 is 23.6 Å². The Morgan fingerprint density at radius 1 is 1.08 bits per heavy atom. The van der Waals surface area contributed by atoms with Crippen LogP contribution in [0.3, 0.4) is 0 Å². The molecule has 2 aromatic rings. The molecule has 0 aromatic heterocycles. The summed E-state index contributed by atoms with van der Waals surface area (Å²) in [4.78, 5) is 18.7. The predicted molar refractivity (Wildman–Crippen MR) is 198 cm³/mol. The van der Waals surface area contributed by atoms with Crippen LogP contribution in [0.5, 0.6) is 5.75 Å². The highest BCUT2D eigenvalue weighted by Crippen LogP contribution is 2.52. The van der Waals surface area contributed by atoms with E-state index in [-0.39, 0.29) is 34.5 Å². The molecule has 2 N–H and O–H groups in total. The van der Waals surface area contributed by atoms with Crippen LogP contribution in [-0.2, 0) is 26.3 Å². The molecule has 0 radical (unpaired) electrons. The maximum absolute atomic E-state index is 14.0. The van der Waals surface area contributed by atoms with Crippen molar-refractivity contribution in [3.05, 3.63) is 58.1 Å². The summed E-state index contributed by atoms with van der Waals surface area (Å²) in [7, 11) is -2.93. The van der Waals surface area contributed by atoms with Crippen molar-refractivity contribution in [3.63, 3.8) is 0 Å². The number of rotatable bonds is 3. The number of carbonyl (C=O) groups is 1. The largest absolute Gasteiger partial charge is 0.490 e. The Labute approximate surface area is 298 Å². The Morgan fingerprint density at radius 3 is 2.65 bits per heavy atom. The standard InChI is InChI=1S/C39H54ClN3O5S/c1-27-6-4-14-38(25-44,23-42-16-18-47-19-17-42)34-11-8-31(34)22-43-24-39(15-5-7-29-20-32(40)10-12-33(29)39)26-48-36-13-9-30(21-35(36)43)37(45)41-49(3,46)28(27)2/h9-10,12-13,20-21,27-28,31,34,44H,3-8,11,14-19,22-26H2,1-2H3,(H,41,45,46)/t27-,28+,31-,34+,38-,39-,49?/m0/s1. The lowest BCUT2D eigenvalue weighted by molar-refractivity contribution is -0.0697. The number of amides is 1. The number of hydrogen-bond donors (Lipinski definition) is 2. The SMILES string of the molecule is C=S1(=O)NC(=O)c2ccc3c(c2)N(C[C@@H]2CC[C@H]2[C@](CO)(CN2CCOCC2)CCC[C@H](C)[C@H]1C)C[C@@]1(CCCc2cc(Cl)ccc21)CO3. The molecular weight excluding hydrogens is 658 g/mol. The number of aryl methyl sites for hydroxylation is 1. The summed E-state index contributed by atoms with van der Waals surface area (Å²) in [6, 6.07) is 12.0. The van der Waals surface area contributed by atoms with Crippen molar-refractivity contribution in [3.8, 4) is 5.75 Å². The van der Waals surface area contributed by atoms with Gasteiger partial charge in [-0.2, -0.15) is 0 Å². The smallest absolute Gasteiger partial charge is 0.262 e. The van der Waals surface area contributed by atoms with Gasteiger partial charge in [0.15, 0.2) is 0 Å². The number of nitrogens with zero attached hydrogens (tertiary/aromatic N) is 2. The van der Waals surface area contributed by atoms with E-state index in [9.17, 15) is 14.1 Å². The second-order valence-corrected chi connectivity index (χ2v) is 18.7. The topological polar surface area (TPSA) is 91.3 Å². The lowest BCUT2D eigenvalue weighted by Crippen LogP contribution is -2.55. The Balaban J connectivity index is 1.30. The quantitative estimate of drug-likeness (QED) is 0.394. The summed E-state index contributed by atoms with van der Waals surface area (Å²) in [5, 5.41) is 11.8. The third kappa shape index (κ3) is 6.87. The lowest BCUT2D eigenvalue weighted by Gasteiger charge is -2.53. The molecule has 2 bridgehead atoms. The number of hydrogen-bond acceptors (Lipinski definition) is 7. The summed E-state index contributed by atoms with van der Waals surface area (Å²) in [6.45, 7) is 10.4. The van der Waals surface area contributed by atoms with Crippen LogP contribution in [0.1, 0.15) is 80.3 Å². The van der Waals surface area contributed by atoms with E-state index in [0.29, 0.717) is 24.0 Å². The molecule has 7 atom stereocenters. The number of benzene rings is 2. The van der Waals surface area contributed by atoms with E-state index >= 15 is 0 Å². The van der Waals surface area contributed by atoms with Gasteiger partial charge < -0.3 is 19.5 Å². The molecule has 1 amide bonds. The zero-order chi connectivity index (χ0) is 34.4. The third-order valence-corrected chi connectivity index (χ3v) is 15.3. The molecule has 49 heavy (non-hydrogen) atoms. The van der Waals surface area contributed by atoms with Gasteiger partial charge >= 0.3 is 0 Å². The Morgan fingerprint density at radius 2 is 1.90 bits per heavy atom.